The van der Waals surface area contributed by atoms with Crippen molar-refractivity contribution in [3.05, 3.63) is 107 Å². The number of aromatic nitrogens is 4. The summed E-state index contributed by atoms with van der Waals surface area (Å²) < 4.78 is 14.0. The van der Waals surface area contributed by atoms with Crippen LogP contribution in [-0.2, 0) is 25.9 Å². The largest absolute Gasteiger partial charge is 0.486 e. The van der Waals surface area contributed by atoms with Gasteiger partial charge >= 0.3 is 0 Å². The third kappa shape index (κ3) is 5.27. The zero-order valence-electron chi connectivity index (χ0n) is 19.9. The highest BCUT2D eigenvalue weighted by Crippen LogP contribution is 2.19. The van der Waals surface area contributed by atoms with Gasteiger partial charge in [0.1, 0.15) is 13.1 Å². The van der Waals surface area contributed by atoms with Gasteiger partial charge in [-0.15, -0.1) is 0 Å². The molecule has 5 rings (SSSR count). The fraction of sp³-hybridized carbons (Fsp3) is 0.214. The quantitative estimate of drug-likeness (QED) is 0.300. The lowest BCUT2D eigenvalue weighted by Gasteiger charge is -2.06. The number of aryl methyl sites for hydroxylation is 4. The van der Waals surface area contributed by atoms with Gasteiger partial charge in [0.25, 0.3) is 22.5 Å². The minimum Gasteiger partial charge on any atom is -0.486 e. The Hall–Kier alpha value is -4.46. The predicted molar refractivity (Wildman–Crippen MR) is 130 cm³/mol. The first kappa shape index (κ1) is 23.3. The summed E-state index contributed by atoms with van der Waals surface area (Å²) in [5.74, 6) is 0. The van der Waals surface area contributed by atoms with Gasteiger partial charge in [-0.05, 0) is 42.2 Å². The molecule has 0 amide bonds. The molecule has 0 spiro atoms. The second kappa shape index (κ2) is 10.9. The van der Waals surface area contributed by atoms with Crippen LogP contribution in [0.3, 0.4) is 0 Å². The molecule has 0 aliphatic carbocycles. The number of nitrogens with zero attached hydrogens (tertiary/aromatic N) is 4. The Morgan fingerprint density at radius 2 is 1.03 bits per heavy atom. The van der Waals surface area contributed by atoms with E-state index in [-0.39, 0.29) is 11.1 Å². The Kier molecular flexibility index (Phi) is 7.02. The van der Waals surface area contributed by atoms with E-state index < -0.39 is 0 Å². The maximum absolute atomic E-state index is 8.31. The summed E-state index contributed by atoms with van der Waals surface area (Å²) in [6, 6.07) is 28.3. The van der Waals surface area contributed by atoms with Gasteiger partial charge in [0.05, 0.1) is 11.1 Å². The smallest absolute Gasteiger partial charge is 0.273 e. The van der Waals surface area contributed by atoms with Crippen LogP contribution in [-0.4, -0.2) is 0 Å². The Bertz CT molecular complexity index is 1420. The standard InChI is InChI=1S/C28H28N6O2/c29-27-25(33(31-35-27)18-8-14-21-10-3-1-4-11-21)23-16-7-17-24(20-23)26-28(30)36-32-34(26)19-9-15-22-12-5-2-6-13-22/h1-7,10-13,16-17,20,29-30H,8-9,14-15,18-19H2. The number of rotatable bonds is 10. The molecule has 0 saturated carbocycles. The van der Waals surface area contributed by atoms with E-state index in [0.717, 1.165) is 36.8 Å². The van der Waals surface area contributed by atoms with Crippen LogP contribution in [0.1, 0.15) is 24.0 Å². The van der Waals surface area contributed by atoms with Crippen molar-refractivity contribution < 1.29 is 18.4 Å². The van der Waals surface area contributed by atoms with Crippen molar-refractivity contribution in [1.82, 2.24) is 10.5 Å². The molecule has 8 heteroatoms. The number of hydrogen-bond donors (Lipinski definition) is 2. The molecule has 8 nitrogen and oxygen atoms in total. The van der Waals surface area contributed by atoms with Crippen LogP contribution in [0.25, 0.3) is 22.5 Å². The van der Waals surface area contributed by atoms with E-state index >= 15 is 0 Å². The van der Waals surface area contributed by atoms with E-state index in [1.54, 1.807) is 9.36 Å². The first-order valence-electron chi connectivity index (χ1n) is 12.1. The summed E-state index contributed by atoms with van der Waals surface area (Å²) in [5.41, 5.74) is 5.39. The molecule has 0 bridgehead atoms. The lowest BCUT2D eigenvalue weighted by Crippen LogP contribution is -2.41. The zero-order valence-corrected chi connectivity index (χ0v) is 19.9. The van der Waals surface area contributed by atoms with E-state index in [4.69, 9.17) is 19.9 Å². The molecule has 3 aromatic carbocycles. The molecule has 2 N–H and O–H groups in total. The first-order valence-corrected chi connectivity index (χ1v) is 12.1. The van der Waals surface area contributed by atoms with Crippen LogP contribution in [0.15, 0.2) is 94.0 Å². The van der Waals surface area contributed by atoms with E-state index in [2.05, 4.69) is 34.8 Å². The van der Waals surface area contributed by atoms with Crippen molar-refractivity contribution in [3.8, 4) is 22.5 Å². The van der Waals surface area contributed by atoms with Crippen LogP contribution in [0.5, 0.6) is 0 Å². The van der Waals surface area contributed by atoms with Gasteiger partial charge in [-0.3, -0.25) is 21.4 Å². The summed E-state index contributed by atoms with van der Waals surface area (Å²) >= 11 is 0. The minimum absolute atomic E-state index is 0.0130. The Morgan fingerprint density at radius 3 is 1.47 bits per heavy atom. The van der Waals surface area contributed by atoms with Crippen LogP contribution >= 0.6 is 0 Å². The lowest BCUT2D eigenvalue weighted by molar-refractivity contribution is -0.758. The SMILES string of the molecule is N=c1o[n-][n+](CCCc2ccccc2)c1-c1cccc(-c2c(=N)o[n-][n+]2CCCc2ccccc2)c1. The number of hydrogen-bond acceptors (Lipinski definition) is 4. The molecule has 2 heterocycles. The average molecular weight is 481 g/mol. The average Bonchev–Trinajstić information content (AvgIpc) is 3.47. The van der Waals surface area contributed by atoms with E-state index in [1.807, 2.05) is 60.7 Å². The molecule has 0 atom stereocenters. The molecule has 0 aliphatic heterocycles. The molecule has 36 heavy (non-hydrogen) atoms. The van der Waals surface area contributed by atoms with Gasteiger partial charge in [-0.2, -0.15) is 0 Å². The van der Waals surface area contributed by atoms with Gasteiger partial charge in [0.2, 0.25) is 0 Å². The molecule has 0 radical (unpaired) electrons. The fourth-order valence-corrected chi connectivity index (χ4v) is 4.42. The number of nitrogens with one attached hydrogen (secondary N) is 2. The van der Waals surface area contributed by atoms with Gasteiger partial charge in [-0.1, -0.05) is 66.7 Å². The summed E-state index contributed by atoms with van der Waals surface area (Å²) in [6.07, 6.45) is 3.58. The highest BCUT2D eigenvalue weighted by atomic mass is 16.5. The van der Waals surface area contributed by atoms with Gasteiger partial charge < -0.3 is 9.05 Å². The number of benzene rings is 3. The van der Waals surface area contributed by atoms with Crippen molar-refractivity contribution >= 4 is 0 Å². The highest BCUT2D eigenvalue weighted by molar-refractivity contribution is 5.65. The molecular weight excluding hydrogens is 452 g/mol. The second-order valence-corrected chi connectivity index (χ2v) is 8.71. The van der Waals surface area contributed by atoms with Crippen molar-refractivity contribution in [2.75, 3.05) is 0 Å². The van der Waals surface area contributed by atoms with Crippen molar-refractivity contribution in [2.45, 2.75) is 38.8 Å². The molecule has 182 valence electrons. The summed E-state index contributed by atoms with van der Waals surface area (Å²) in [7, 11) is 0. The summed E-state index contributed by atoms with van der Waals surface area (Å²) in [4.78, 5) is 0. The molecule has 5 aromatic rings. The van der Waals surface area contributed by atoms with Crippen molar-refractivity contribution in [1.29, 1.82) is 10.8 Å². The van der Waals surface area contributed by atoms with E-state index in [1.165, 1.54) is 11.1 Å². The second-order valence-electron chi connectivity index (χ2n) is 8.71. The molecule has 0 unspecified atom stereocenters. The van der Waals surface area contributed by atoms with Crippen molar-refractivity contribution in [2.24, 2.45) is 0 Å². The molecular formula is C28H28N6O2. The van der Waals surface area contributed by atoms with Gasteiger partial charge in [0.15, 0.2) is 0 Å². The van der Waals surface area contributed by atoms with Gasteiger partial charge in [0, 0.05) is 12.8 Å². The summed E-state index contributed by atoms with van der Waals surface area (Å²) in [5, 5.41) is 24.8. The predicted octanol–water partition coefficient (Wildman–Crippen LogP) is 2.92. The third-order valence-electron chi connectivity index (χ3n) is 6.17. The minimum atomic E-state index is 0.0130. The molecule has 0 saturated heterocycles. The summed E-state index contributed by atoms with van der Waals surface area (Å²) in [6.45, 7) is 1.26. The molecule has 2 aromatic heterocycles. The topological polar surface area (TPSA) is 110 Å². The van der Waals surface area contributed by atoms with E-state index in [9.17, 15) is 0 Å². The van der Waals surface area contributed by atoms with Crippen LogP contribution in [0, 0.1) is 10.8 Å². The zero-order chi connectivity index (χ0) is 24.7. The fourth-order valence-electron chi connectivity index (χ4n) is 4.42. The highest BCUT2D eigenvalue weighted by Gasteiger charge is 2.20. The molecule has 0 fully saturated rings. The molecule has 0 aliphatic rings. The lowest BCUT2D eigenvalue weighted by atomic mass is 10.1. The maximum atomic E-state index is 8.31. The first-order chi connectivity index (χ1) is 17.7. The Balaban J connectivity index is 1.35. The van der Waals surface area contributed by atoms with E-state index in [0.29, 0.717) is 24.5 Å². The third-order valence-corrected chi connectivity index (χ3v) is 6.17. The van der Waals surface area contributed by atoms with Crippen LogP contribution in [0.2, 0.25) is 0 Å². The normalized spacial score (nSPS) is 11.1. The van der Waals surface area contributed by atoms with Crippen LogP contribution in [0.4, 0.5) is 0 Å². The van der Waals surface area contributed by atoms with Gasteiger partial charge in [-0.25, -0.2) is 9.36 Å². The van der Waals surface area contributed by atoms with Crippen molar-refractivity contribution in [3.63, 3.8) is 0 Å². The Labute approximate surface area is 208 Å². The van der Waals surface area contributed by atoms with Crippen LogP contribution < -0.4 is 31.0 Å². The monoisotopic (exact) mass is 480 g/mol. The Morgan fingerprint density at radius 1 is 0.583 bits per heavy atom. The maximum Gasteiger partial charge on any atom is 0.273 e.